The summed E-state index contributed by atoms with van der Waals surface area (Å²) < 4.78 is 5.94. The molecular formula is C16H12N4O6. The number of H-pyrrole nitrogens is 1. The Hall–Kier alpha value is -3.95. The van der Waals surface area contributed by atoms with E-state index in [1.807, 2.05) is 0 Å². The van der Waals surface area contributed by atoms with E-state index in [0.29, 0.717) is 5.76 Å². The molecule has 0 aliphatic rings. The van der Waals surface area contributed by atoms with E-state index in [1.165, 1.54) is 30.5 Å². The molecule has 1 aromatic carbocycles. The molecule has 2 heterocycles. The number of carbonyl (C=O) groups is 1. The Bertz CT molecular complexity index is 1060. The molecule has 10 nitrogen and oxygen atoms in total. The summed E-state index contributed by atoms with van der Waals surface area (Å²) in [6.07, 6.45) is 2.42. The summed E-state index contributed by atoms with van der Waals surface area (Å²) in [7, 11) is 0. The number of rotatable bonds is 5. The van der Waals surface area contributed by atoms with Crippen LogP contribution >= 0.6 is 0 Å². The Labute approximate surface area is 144 Å². The van der Waals surface area contributed by atoms with Crippen molar-refractivity contribution >= 4 is 17.3 Å². The minimum atomic E-state index is -0.787. The van der Waals surface area contributed by atoms with Gasteiger partial charge in [-0.15, -0.1) is 0 Å². The fraction of sp³-hybridized carbons (Fsp3) is 0.0625. The van der Waals surface area contributed by atoms with Crippen LogP contribution in [-0.2, 0) is 6.54 Å². The summed E-state index contributed by atoms with van der Waals surface area (Å²) in [5, 5.41) is 13.1. The van der Waals surface area contributed by atoms with Crippen molar-refractivity contribution in [2.75, 3.05) is 5.32 Å². The molecule has 0 saturated carbocycles. The van der Waals surface area contributed by atoms with Crippen LogP contribution in [0.5, 0.6) is 0 Å². The van der Waals surface area contributed by atoms with Gasteiger partial charge in [0.1, 0.15) is 11.3 Å². The second-order valence-electron chi connectivity index (χ2n) is 5.24. The van der Waals surface area contributed by atoms with E-state index < -0.39 is 22.1 Å². The molecule has 0 unspecified atom stereocenters. The minimum Gasteiger partial charge on any atom is -0.467 e. The first-order valence-electron chi connectivity index (χ1n) is 7.36. The number of furan rings is 1. The highest BCUT2D eigenvalue weighted by Gasteiger charge is 2.16. The average Bonchev–Trinajstić information content (AvgIpc) is 3.12. The molecule has 0 aliphatic heterocycles. The molecule has 1 amide bonds. The molecular weight excluding hydrogens is 344 g/mol. The fourth-order valence-corrected chi connectivity index (χ4v) is 2.24. The topological polar surface area (TPSA) is 140 Å². The molecule has 132 valence electrons. The summed E-state index contributed by atoms with van der Waals surface area (Å²) >= 11 is 0. The zero-order valence-electron chi connectivity index (χ0n) is 13.2. The molecule has 26 heavy (non-hydrogen) atoms. The third-order valence-corrected chi connectivity index (χ3v) is 3.54. The Morgan fingerprint density at radius 1 is 1.23 bits per heavy atom. The number of anilines is 1. The van der Waals surface area contributed by atoms with E-state index in [1.54, 1.807) is 12.1 Å². The van der Waals surface area contributed by atoms with Crippen molar-refractivity contribution in [2.45, 2.75) is 6.54 Å². The van der Waals surface area contributed by atoms with Gasteiger partial charge in [0.05, 0.1) is 17.7 Å². The van der Waals surface area contributed by atoms with Gasteiger partial charge in [0.2, 0.25) is 0 Å². The Balaban J connectivity index is 1.86. The molecule has 3 aromatic rings. The molecule has 2 N–H and O–H groups in total. The number of hydrogen-bond donors (Lipinski definition) is 2. The first-order chi connectivity index (χ1) is 12.5. The van der Waals surface area contributed by atoms with Crippen molar-refractivity contribution in [3.05, 3.63) is 91.1 Å². The molecule has 3 rings (SSSR count). The van der Waals surface area contributed by atoms with Crippen molar-refractivity contribution < 1.29 is 14.1 Å². The minimum absolute atomic E-state index is 0.125. The fourth-order valence-electron chi connectivity index (χ4n) is 2.24. The number of nitrogens with zero attached hydrogens (tertiary/aromatic N) is 2. The number of nitro groups is 1. The van der Waals surface area contributed by atoms with Crippen LogP contribution < -0.4 is 16.6 Å². The van der Waals surface area contributed by atoms with Crippen molar-refractivity contribution in [1.82, 2.24) is 9.55 Å². The number of nitrogens with one attached hydrogen (secondary N) is 2. The Morgan fingerprint density at radius 2 is 1.96 bits per heavy atom. The van der Waals surface area contributed by atoms with Crippen LogP contribution in [0.15, 0.2) is 62.9 Å². The van der Waals surface area contributed by atoms with Gasteiger partial charge in [-0.3, -0.25) is 24.3 Å². The van der Waals surface area contributed by atoms with Gasteiger partial charge in [0.15, 0.2) is 0 Å². The van der Waals surface area contributed by atoms with Crippen LogP contribution in [0, 0.1) is 10.1 Å². The van der Waals surface area contributed by atoms with Gasteiger partial charge in [0, 0.05) is 24.0 Å². The van der Waals surface area contributed by atoms with Crippen LogP contribution in [0.4, 0.5) is 11.4 Å². The van der Waals surface area contributed by atoms with Crippen LogP contribution in [0.25, 0.3) is 0 Å². The Kier molecular flexibility index (Phi) is 4.48. The predicted molar refractivity (Wildman–Crippen MR) is 90.2 cm³/mol. The van der Waals surface area contributed by atoms with E-state index in [2.05, 4.69) is 10.3 Å². The van der Waals surface area contributed by atoms with E-state index in [-0.39, 0.29) is 23.5 Å². The number of aromatic amines is 1. The normalized spacial score (nSPS) is 10.5. The number of hydrogen-bond acceptors (Lipinski definition) is 6. The smallest absolute Gasteiger partial charge is 0.328 e. The third kappa shape index (κ3) is 3.43. The SMILES string of the molecule is O=C(Nc1ccc([N+](=O)[O-])cc1)c1c[nH]c(=O)n(Cc2ccco2)c1=O. The van der Waals surface area contributed by atoms with E-state index in [0.717, 1.165) is 10.8 Å². The van der Waals surface area contributed by atoms with Crippen molar-refractivity contribution in [3.63, 3.8) is 0 Å². The number of carbonyl (C=O) groups excluding carboxylic acids is 1. The molecule has 0 bridgehead atoms. The second kappa shape index (κ2) is 6.89. The van der Waals surface area contributed by atoms with Crippen LogP contribution in [0.1, 0.15) is 16.1 Å². The monoisotopic (exact) mass is 356 g/mol. The highest BCUT2D eigenvalue weighted by Crippen LogP contribution is 2.15. The van der Waals surface area contributed by atoms with E-state index in [4.69, 9.17) is 4.42 Å². The lowest BCUT2D eigenvalue weighted by Gasteiger charge is -2.07. The first kappa shape index (κ1) is 16.9. The molecule has 0 atom stereocenters. The summed E-state index contributed by atoms with van der Waals surface area (Å²) in [5.74, 6) is -0.376. The third-order valence-electron chi connectivity index (χ3n) is 3.54. The van der Waals surface area contributed by atoms with Crippen LogP contribution in [0.3, 0.4) is 0 Å². The van der Waals surface area contributed by atoms with Gasteiger partial charge in [-0.05, 0) is 24.3 Å². The second-order valence-corrected chi connectivity index (χ2v) is 5.24. The maximum Gasteiger partial charge on any atom is 0.328 e. The number of amides is 1. The first-order valence-corrected chi connectivity index (χ1v) is 7.36. The number of non-ortho nitro benzene ring substituents is 1. The Morgan fingerprint density at radius 3 is 2.58 bits per heavy atom. The predicted octanol–water partition coefficient (Wildman–Crippen LogP) is 1.34. The highest BCUT2D eigenvalue weighted by atomic mass is 16.6. The zero-order chi connectivity index (χ0) is 18.7. The van der Waals surface area contributed by atoms with E-state index >= 15 is 0 Å². The van der Waals surface area contributed by atoms with Crippen LogP contribution in [-0.4, -0.2) is 20.4 Å². The molecule has 0 radical (unpaired) electrons. The van der Waals surface area contributed by atoms with Gasteiger partial charge in [0.25, 0.3) is 17.2 Å². The van der Waals surface area contributed by atoms with Crippen molar-refractivity contribution in [2.24, 2.45) is 0 Å². The quantitative estimate of drug-likeness (QED) is 0.522. The lowest BCUT2D eigenvalue weighted by Crippen LogP contribution is -2.39. The molecule has 0 aliphatic carbocycles. The maximum atomic E-state index is 12.4. The lowest BCUT2D eigenvalue weighted by molar-refractivity contribution is -0.384. The average molecular weight is 356 g/mol. The number of nitro benzene ring substituents is 1. The van der Waals surface area contributed by atoms with Crippen LogP contribution in [0.2, 0.25) is 0 Å². The summed E-state index contributed by atoms with van der Waals surface area (Å²) in [6, 6.07) is 8.32. The van der Waals surface area contributed by atoms with Crippen molar-refractivity contribution in [3.8, 4) is 0 Å². The van der Waals surface area contributed by atoms with Gasteiger partial charge in [-0.25, -0.2) is 4.79 Å². The largest absolute Gasteiger partial charge is 0.467 e. The summed E-state index contributed by atoms with van der Waals surface area (Å²) in [6.45, 7) is -0.125. The lowest BCUT2D eigenvalue weighted by atomic mass is 10.2. The van der Waals surface area contributed by atoms with Gasteiger partial charge in [-0.1, -0.05) is 0 Å². The highest BCUT2D eigenvalue weighted by molar-refractivity contribution is 6.03. The molecule has 0 spiro atoms. The molecule has 10 heteroatoms. The number of benzene rings is 1. The summed E-state index contributed by atoms with van der Waals surface area (Å²) in [5.41, 5.74) is -1.62. The van der Waals surface area contributed by atoms with Gasteiger partial charge in [-0.2, -0.15) is 0 Å². The zero-order valence-corrected chi connectivity index (χ0v) is 13.2. The van der Waals surface area contributed by atoms with E-state index in [9.17, 15) is 24.5 Å². The standard InChI is InChI=1S/C16H12N4O6/c21-14(18-10-3-5-11(6-4-10)20(24)25)13-8-17-16(23)19(15(13)22)9-12-2-1-7-26-12/h1-8H,9H2,(H,17,23)(H,18,21). The van der Waals surface area contributed by atoms with Gasteiger partial charge >= 0.3 is 5.69 Å². The molecule has 2 aromatic heterocycles. The molecule has 0 saturated heterocycles. The maximum absolute atomic E-state index is 12.4. The number of aromatic nitrogens is 2. The summed E-state index contributed by atoms with van der Waals surface area (Å²) in [4.78, 5) is 49.0. The van der Waals surface area contributed by atoms with Gasteiger partial charge < -0.3 is 14.7 Å². The van der Waals surface area contributed by atoms with Crippen molar-refractivity contribution in [1.29, 1.82) is 0 Å². The molecule has 0 fully saturated rings.